The standard InChI is InChI=1S/C47H38N6O2/c1-28-37-20-18-33(46(54)48-35-22-31-14-8-10-16-41(31)52(3)26-35)24-39(37)50-44(28)43(30-12-6-5-7-13-30)45-29(2)38-21-19-34(25-40(38)51-45)47(55)49-36-23-32-15-9-11-17-42(32)53(4)27-36/h5-27,43H,1-4H3,(H2-2,48,49,50,51,54,55)/p+2. The molecule has 8 heteroatoms. The molecule has 2 amide bonds. The summed E-state index contributed by atoms with van der Waals surface area (Å²) >= 11 is 0. The SMILES string of the molecule is Cc1c(C(c2ccccc2)c2[nH]c3cc(C(=O)Nc4cc5ccccc5[n+](C)c4)ccc3c2C)[nH]c2cc(C(=O)Nc3cc4ccccc4[n+](C)c3)ccc12. The van der Waals surface area contributed by atoms with Gasteiger partial charge in [-0.25, -0.2) is 0 Å². The normalized spacial score (nSPS) is 11.6. The highest BCUT2D eigenvalue weighted by Gasteiger charge is 2.27. The number of benzene rings is 5. The van der Waals surface area contributed by atoms with Crippen molar-refractivity contribution in [3.05, 3.63) is 179 Å². The van der Waals surface area contributed by atoms with Crippen molar-refractivity contribution in [3.63, 3.8) is 0 Å². The zero-order valence-corrected chi connectivity index (χ0v) is 31.1. The summed E-state index contributed by atoms with van der Waals surface area (Å²) in [6, 6.07) is 42.3. The Hall–Kier alpha value is -7.06. The third-order valence-electron chi connectivity index (χ3n) is 10.9. The molecule has 55 heavy (non-hydrogen) atoms. The van der Waals surface area contributed by atoms with E-state index in [1.165, 1.54) is 0 Å². The molecular formula is C47H40N6O2+2. The maximum atomic E-state index is 13.6. The molecule has 8 nitrogen and oxygen atoms in total. The lowest BCUT2D eigenvalue weighted by atomic mass is 9.88. The van der Waals surface area contributed by atoms with Crippen molar-refractivity contribution in [3.8, 4) is 0 Å². The molecule has 0 bridgehead atoms. The Morgan fingerprint density at radius 3 is 1.45 bits per heavy atom. The molecule has 0 saturated heterocycles. The number of aryl methyl sites for hydroxylation is 4. The van der Waals surface area contributed by atoms with Crippen LogP contribution >= 0.6 is 0 Å². The molecule has 4 aromatic heterocycles. The average molecular weight is 721 g/mol. The van der Waals surface area contributed by atoms with E-state index in [4.69, 9.17) is 0 Å². The number of carbonyl (C=O) groups excluding carboxylic acids is 2. The van der Waals surface area contributed by atoms with E-state index in [1.54, 1.807) is 0 Å². The predicted molar refractivity (Wildman–Crippen MR) is 220 cm³/mol. The van der Waals surface area contributed by atoms with Gasteiger partial charge in [-0.3, -0.25) is 9.59 Å². The van der Waals surface area contributed by atoms with Gasteiger partial charge in [-0.1, -0.05) is 66.7 Å². The Morgan fingerprint density at radius 1 is 0.545 bits per heavy atom. The number of pyridine rings is 2. The Labute approximate surface area is 318 Å². The van der Waals surface area contributed by atoms with E-state index in [-0.39, 0.29) is 17.7 Å². The van der Waals surface area contributed by atoms with E-state index >= 15 is 0 Å². The quantitative estimate of drug-likeness (QED) is 0.124. The van der Waals surface area contributed by atoms with Crippen molar-refractivity contribution in [2.75, 3.05) is 10.6 Å². The van der Waals surface area contributed by atoms with Crippen molar-refractivity contribution < 1.29 is 18.7 Å². The number of nitrogens with one attached hydrogen (secondary N) is 4. The number of H-pyrrole nitrogens is 2. The van der Waals surface area contributed by atoms with E-state index in [0.29, 0.717) is 11.1 Å². The highest BCUT2D eigenvalue weighted by Crippen LogP contribution is 2.39. The number of fused-ring (bicyclic) bond motifs is 4. The van der Waals surface area contributed by atoms with Crippen molar-refractivity contribution in [2.24, 2.45) is 14.1 Å². The first kappa shape index (κ1) is 33.8. The van der Waals surface area contributed by atoms with Gasteiger partial charge in [0, 0.05) is 67.2 Å². The fourth-order valence-electron chi connectivity index (χ4n) is 8.07. The molecule has 4 heterocycles. The average Bonchev–Trinajstić information content (AvgIpc) is 3.70. The monoisotopic (exact) mass is 720 g/mol. The lowest BCUT2D eigenvalue weighted by molar-refractivity contribution is -0.644. The van der Waals surface area contributed by atoms with Crippen LogP contribution in [0.4, 0.5) is 11.4 Å². The summed E-state index contributed by atoms with van der Waals surface area (Å²) in [5.74, 6) is -0.511. The van der Waals surface area contributed by atoms with Gasteiger partial charge in [-0.15, -0.1) is 0 Å². The number of nitrogens with zero attached hydrogens (tertiary/aromatic N) is 2. The van der Waals surface area contributed by atoms with Gasteiger partial charge in [0.15, 0.2) is 12.4 Å². The van der Waals surface area contributed by atoms with Crippen LogP contribution in [-0.2, 0) is 14.1 Å². The molecule has 9 aromatic rings. The van der Waals surface area contributed by atoms with E-state index in [2.05, 4.69) is 70.8 Å². The third kappa shape index (κ3) is 6.07. The van der Waals surface area contributed by atoms with Gasteiger partial charge in [0.25, 0.3) is 11.8 Å². The lowest BCUT2D eigenvalue weighted by Crippen LogP contribution is -2.29. The number of aromatic nitrogens is 4. The fraction of sp³-hybridized carbons (Fsp3) is 0.106. The van der Waals surface area contributed by atoms with Crippen LogP contribution in [0.25, 0.3) is 43.6 Å². The molecule has 4 N–H and O–H groups in total. The molecule has 5 aromatic carbocycles. The summed E-state index contributed by atoms with van der Waals surface area (Å²) in [4.78, 5) is 34.6. The lowest BCUT2D eigenvalue weighted by Gasteiger charge is -2.18. The zero-order chi connectivity index (χ0) is 37.8. The van der Waals surface area contributed by atoms with Gasteiger partial charge in [0.05, 0.1) is 5.92 Å². The molecular weight excluding hydrogens is 681 g/mol. The van der Waals surface area contributed by atoms with Crippen molar-refractivity contribution >= 4 is 66.8 Å². The minimum absolute atomic E-state index is 0.161. The maximum Gasteiger partial charge on any atom is 0.255 e. The summed E-state index contributed by atoms with van der Waals surface area (Å²) in [7, 11) is 3.96. The first-order chi connectivity index (χ1) is 26.7. The molecule has 0 atom stereocenters. The number of aromatic amines is 2. The van der Waals surface area contributed by atoms with E-state index in [0.717, 1.165) is 83.1 Å². The highest BCUT2D eigenvalue weighted by molar-refractivity contribution is 6.08. The van der Waals surface area contributed by atoms with Crippen LogP contribution < -0.4 is 19.8 Å². The minimum atomic E-state index is -0.175. The van der Waals surface area contributed by atoms with E-state index in [9.17, 15) is 9.59 Å². The van der Waals surface area contributed by atoms with Gasteiger partial charge in [-0.05, 0) is 79.1 Å². The van der Waals surface area contributed by atoms with Crippen molar-refractivity contribution in [1.82, 2.24) is 9.97 Å². The second kappa shape index (κ2) is 13.4. The Bertz CT molecular complexity index is 2790. The minimum Gasteiger partial charge on any atom is -0.357 e. The number of hydrogen-bond donors (Lipinski definition) is 4. The molecule has 0 aliphatic heterocycles. The maximum absolute atomic E-state index is 13.6. The van der Waals surface area contributed by atoms with Gasteiger partial charge in [-0.2, -0.15) is 9.13 Å². The van der Waals surface area contributed by atoms with Gasteiger partial charge < -0.3 is 20.6 Å². The Morgan fingerprint density at radius 2 is 0.982 bits per heavy atom. The topological polar surface area (TPSA) is 97.5 Å². The predicted octanol–water partition coefficient (Wildman–Crippen LogP) is 8.91. The van der Waals surface area contributed by atoms with Gasteiger partial charge in [0.2, 0.25) is 11.0 Å². The van der Waals surface area contributed by atoms with Gasteiger partial charge in [0.1, 0.15) is 25.5 Å². The second-order valence-electron chi connectivity index (χ2n) is 14.4. The zero-order valence-electron chi connectivity index (χ0n) is 31.1. The van der Waals surface area contributed by atoms with Crippen LogP contribution in [0.5, 0.6) is 0 Å². The number of carbonyl (C=O) groups is 2. The van der Waals surface area contributed by atoms with Crippen molar-refractivity contribution in [2.45, 2.75) is 19.8 Å². The number of rotatable bonds is 7. The smallest absolute Gasteiger partial charge is 0.255 e. The first-order valence-electron chi connectivity index (χ1n) is 18.4. The summed E-state index contributed by atoms with van der Waals surface area (Å²) in [5.41, 5.74) is 12.0. The molecule has 0 aliphatic rings. The largest absolute Gasteiger partial charge is 0.357 e. The summed E-state index contributed by atoms with van der Waals surface area (Å²) in [6.45, 7) is 4.26. The summed E-state index contributed by atoms with van der Waals surface area (Å²) in [5, 5.41) is 10.4. The fourth-order valence-corrected chi connectivity index (χ4v) is 8.07. The Kier molecular flexibility index (Phi) is 8.23. The molecule has 268 valence electrons. The van der Waals surface area contributed by atoms with Crippen LogP contribution in [0.15, 0.2) is 140 Å². The Balaban J connectivity index is 1.05. The number of anilines is 2. The molecule has 0 aliphatic carbocycles. The molecule has 0 saturated carbocycles. The second-order valence-corrected chi connectivity index (χ2v) is 14.4. The van der Waals surface area contributed by atoms with Crippen LogP contribution in [0.1, 0.15) is 54.7 Å². The molecule has 0 unspecified atom stereocenters. The van der Waals surface area contributed by atoms with E-state index < -0.39 is 0 Å². The number of hydrogen-bond acceptors (Lipinski definition) is 2. The number of amides is 2. The molecule has 0 fully saturated rings. The van der Waals surface area contributed by atoms with Crippen LogP contribution in [0.3, 0.4) is 0 Å². The summed E-state index contributed by atoms with van der Waals surface area (Å²) < 4.78 is 4.04. The highest BCUT2D eigenvalue weighted by atomic mass is 16.2. The van der Waals surface area contributed by atoms with Crippen LogP contribution in [0.2, 0.25) is 0 Å². The van der Waals surface area contributed by atoms with Crippen LogP contribution in [-0.4, -0.2) is 21.8 Å². The molecule has 0 radical (unpaired) electrons. The van der Waals surface area contributed by atoms with E-state index in [1.807, 2.05) is 127 Å². The number of para-hydroxylation sites is 2. The first-order valence-corrected chi connectivity index (χ1v) is 18.4. The molecule has 0 spiro atoms. The molecule has 9 rings (SSSR count). The third-order valence-corrected chi connectivity index (χ3v) is 10.9. The van der Waals surface area contributed by atoms with Crippen molar-refractivity contribution in [1.29, 1.82) is 0 Å². The van der Waals surface area contributed by atoms with Crippen LogP contribution in [0, 0.1) is 13.8 Å². The summed E-state index contributed by atoms with van der Waals surface area (Å²) in [6.07, 6.45) is 3.87. The van der Waals surface area contributed by atoms with Gasteiger partial charge >= 0.3 is 0 Å².